The lowest BCUT2D eigenvalue weighted by atomic mass is 10.7. The van der Waals surface area contributed by atoms with Crippen molar-refractivity contribution in [1.82, 2.24) is 0 Å². The molecule has 7 heavy (non-hydrogen) atoms. The van der Waals surface area contributed by atoms with E-state index in [1.165, 1.54) is 0 Å². The summed E-state index contributed by atoms with van der Waals surface area (Å²) >= 11 is 0. The van der Waals surface area contributed by atoms with Crippen molar-refractivity contribution in [3.8, 4) is 0 Å². The fourth-order valence-electron chi connectivity index (χ4n) is 0.379. The van der Waals surface area contributed by atoms with Gasteiger partial charge in [0.1, 0.15) is 0 Å². The number of nitroso groups, excluding NO2 is 1. The van der Waals surface area contributed by atoms with Gasteiger partial charge >= 0.3 is 12.7 Å². The van der Waals surface area contributed by atoms with E-state index in [1.807, 2.05) is 0 Å². The molecular formula is C3H4NO3+. The van der Waals surface area contributed by atoms with Crippen LogP contribution in [0.15, 0.2) is 0 Å². The number of esters is 1. The first-order chi connectivity index (χ1) is 3.29. The number of cyclic esters (lactones) is 1. The molecule has 0 aliphatic carbocycles. The second-order valence-corrected chi connectivity index (χ2v) is 1.29. The summed E-state index contributed by atoms with van der Waals surface area (Å²) < 4.78 is 4.80. The van der Waals surface area contributed by atoms with Gasteiger partial charge in [0, 0.05) is 9.67 Å². The molecule has 0 atom stereocenters. The average molecular weight is 102 g/mol. The van der Waals surface area contributed by atoms with Crippen molar-refractivity contribution in [3.05, 3.63) is 4.91 Å². The molecule has 4 heteroatoms. The van der Waals surface area contributed by atoms with E-state index < -0.39 is 5.97 Å². The third kappa shape index (κ3) is 0.734. The van der Waals surface area contributed by atoms with Gasteiger partial charge in [0.2, 0.25) is 0 Å². The van der Waals surface area contributed by atoms with Gasteiger partial charge in [-0.05, 0) is 0 Å². The molecule has 0 spiro atoms. The molecule has 1 heterocycles. The quantitative estimate of drug-likeness (QED) is 0.299. The third-order valence-electron chi connectivity index (χ3n) is 0.675. The average Bonchev–Trinajstić information content (AvgIpc) is 1.87. The van der Waals surface area contributed by atoms with Gasteiger partial charge in [0.15, 0.2) is 0 Å². The van der Waals surface area contributed by atoms with Gasteiger partial charge in [-0.25, -0.2) is 4.79 Å². The van der Waals surface area contributed by atoms with E-state index >= 15 is 0 Å². The molecule has 38 valence electrons. The Labute approximate surface area is 39.6 Å². The summed E-state index contributed by atoms with van der Waals surface area (Å²) in [6.07, 6.45) is 0. The molecule has 0 bridgehead atoms. The molecule has 0 unspecified atom stereocenters. The lowest BCUT2D eigenvalue weighted by molar-refractivity contribution is -0.544. The number of carbonyl (C=O) groups excluding carboxylic acids is 1. The Bertz CT molecular complexity index is 105. The minimum atomic E-state index is -0.435. The van der Waals surface area contributed by atoms with Crippen molar-refractivity contribution >= 4 is 5.97 Å². The van der Waals surface area contributed by atoms with Gasteiger partial charge in [-0.3, -0.25) is 0 Å². The van der Waals surface area contributed by atoms with E-state index in [1.54, 1.807) is 0 Å². The Kier molecular flexibility index (Phi) is 0.780. The van der Waals surface area contributed by atoms with Gasteiger partial charge in [-0.2, -0.15) is 0 Å². The second kappa shape index (κ2) is 1.29. The van der Waals surface area contributed by atoms with Crippen molar-refractivity contribution in [2.75, 3.05) is 13.3 Å². The first-order valence-electron chi connectivity index (χ1n) is 1.87. The second-order valence-electron chi connectivity index (χ2n) is 1.29. The Morgan fingerprint density at radius 3 is 2.57 bits per heavy atom. The van der Waals surface area contributed by atoms with Crippen LogP contribution in [-0.2, 0) is 9.53 Å². The summed E-state index contributed by atoms with van der Waals surface area (Å²) in [5, 5.41) is 0. The highest BCUT2D eigenvalue weighted by Gasteiger charge is 2.26. The predicted molar refractivity (Wildman–Crippen MR) is 19.5 cm³/mol. The fraction of sp³-hybridized carbons (Fsp3) is 0.667. The molecule has 0 N–H and O–H groups in total. The van der Waals surface area contributed by atoms with Gasteiger partial charge in [0.25, 0.3) is 6.54 Å². The van der Waals surface area contributed by atoms with E-state index in [2.05, 4.69) is 4.74 Å². The van der Waals surface area contributed by atoms with Crippen LogP contribution in [-0.4, -0.2) is 24.0 Å². The molecule has 4 nitrogen and oxygen atoms in total. The van der Waals surface area contributed by atoms with Gasteiger partial charge in [0.05, 0.1) is 0 Å². The van der Waals surface area contributed by atoms with Crippen molar-refractivity contribution in [1.29, 1.82) is 0 Å². The highest BCUT2D eigenvalue weighted by atomic mass is 16.6. The summed E-state index contributed by atoms with van der Waals surface area (Å²) in [5.74, 6) is -0.435. The standard InChI is InChI=1S/C3H4NO3/c5-3-1-4(6)2-7-3/h1-2H2/q+1. The van der Waals surface area contributed by atoms with Gasteiger partial charge in [-0.15, -0.1) is 0 Å². The topological polar surface area (TPSA) is 46.4 Å². The lowest BCUT2D eigenvalue weighted by Gasteiger charge is -1.71. The largest absolute Gasteiger partial charge is 0.397 e. The molecule has 1 fully saturated rings. The molecule has 0 aromatic rings. The number of rotatable bonds is 0. The maximum atomic E-state index is 10.0. The van der Waals surface area contributed by atoms with E-state index in [0.29, 0.717) is 4.76 Å². The number of hydrogen-bond acceptors (Lipinski definition) is 3. The maximum Gasteiger partial charge on any atom is 0.381 e. The predicted octanol–water partition coefficient (Wildman–Crippen LogP) is -0.720. The minimum Gasteiger partial charge on any atom is -0.397 e. The molecule has 0 aromatic heterocycles. The molecular weight excluding hydrogens is 98.0 g/mol. The number of ether oxygens (including phenoxy) is 1. The van der Waals surface area contributed by atoms with E-state index in [4.69, 9.17) is 0 Å². The van der Waals surface area contributed by atoms with Crippen molar-refractivity contribution in [3.63, 3.8) is 0 Å². The highest BCUT2D eigenvalue weighted by molar-refractivity contribution is 5.71. The van der Waals surface area contributed by atoms with Crippen LogP contribution in [0.4, 0.5) is 0 Å². The molecule has 0 aromatic carbocycles. The highest BCUT2D eigenvalue weighted by Crippen LogP contribution is 1.89. The maximum absolute atomic E-state index is 10.0. The molecule has 1 aliphatic rings. The zero-order chi connectivity index (χ0) is 5.28. The van der Waals surface area contributed by atoms with Gasteiger partial charge < -0.3 is 4.74 Å². The fourth-order valence-corrected chi connectivity index (χ4v) is 0.379. The van der Waals surface area contributed by atoms with Crippen LogP contribution in [0.5, 0.6) is 0 Å². The van der Waals surface area contributed by atoms with Crippen LogP contribution in [0, 0.1) is 4.91 Å². The van der Waals surface area contributed by atoms with Crippen LogP contribution in [0.3, 0.4) is 0 Å². The number of nitrogens with zero attached hydrogens (tertiary/aromatic N) is 1. The van der Waals surface area contributed by atoms with Crippen molar-refractivity contribution in [2.45, 2.75) is 0 Å². The number of carbonyl (C=O) groups is 1. The van der Waals surface area contributed by atoms with Gasteiger partial charge in [-0.1, -0.05) is 0 Å². The summed E-state index contributed by atoms with van der Waals surface area (Å²) in [4.78, 5) is 20.0. The molecule has 1 saturated heterocycles. The summed E-state index contributed by atoms with van der Waals surface area (Å²) in [6.45, 7) is -0.209. The minimum absolute atomic E-state index is 0.0984. The Balaban J connectivity index is 2.55. The van der Waals surface area contributed by atoms with Crippen LogP contribution < -0.4 is 0 Å². The van der Waals surface area contributed by atoms with Crippen LogP contribution in [0.2, 0.25) is 0 Å². The SMILES string of the molecule is O=C1C[N+](=O)CO1. The normalized spacial score (nSPS) is 20.0. The van der Waals surface area contributed by atoms with Crippen LogP contribution in [0.1, 0.15) is 0 Å². The zero-order valence-electron chi connectivity index (χ0n) is 3.59. The lowest BCUT2D eigenvalue weighted by Crippen LogP contribution is -2.02. The molecule has 0 radical (unpaired) electrons. The Hall–Kier alpha value is -0.930. The summed E-state index contributed by atoms with van der Waals surface area (Å²) in [7, 11) is 0. The van der Waals surface area contributed by atoms with E-state index in [-0.39, 0.29) is 13.3 Å². The van der Waals surface area contributed by atoms with E-state index in [9.17, 15) is 9.70 Å². The molecule has 1 rings (SSSR count). The van der Waals surface area contributed by atoms with Crippen LogP contribution in [0.25, 0.3) is 0 Å². The van der Waals surface area contributed by atoms with E-state index in [0.717, 1.165) is 0 Å². The Morgan fingerprint density at radius 2 is 2.43 bits per heavy atom. The zero-order valence-corrected chi connectivity index (χ0v) is 3.59. The summed E-state index contributed by atoms with van der Waals surface area (Å²) in [5.41, 5.74) is 0. The monoisotopic (exact) mass is 102 g/mol. The summed E-state index contributed by atoms with van der Waals surface area (Å²) in [6, 6.07) is 0. The first-order valence-corrected chi connectivity index (χ1v) is 1.87. The molecule has 0 amide bonds. The third-order valence-corrected chi connectivity index (χ3v) is 0.675. The smallest absolute Gasteiger partial charge is 0.381 e. The van der Waals surface area contributed by atoms with Crippen LogP contribution >= 0.6 is 0 Å². The first kappa shape index (κ1) is 4.23. The van der Waals surface area contributed by atoms with Crippen molar-refractivity contribution < 1.29 is 14.3 Å². The molecule has 0 saturated carbocycles. The Morgan fingerprint density at radius 1 is 1.71 bits per heavy atom. The number of hydrogen-bond donors (Lipinski definition) is 0. The van der Waals surface area contributed by atoms with Crippen molar-refractivity contribution in [2.24, 2.45) is 0 Å². The molecule has 1 aliphatic heterocycles.